The molecule has 0 radical (unpaired) electrons. The number of benzene rings is 2. The number of rotatable bonds is 8. The van der Waals surface area contributed by atoms with Crippen molar-refractivity contribution in [3.8, 4) is 0 Å². The quantitative estimate of drug-likeness (QED) is 0.737. The van der Waals surface area contributed by atoms with Crippen molar-refractivity contribution >= 4 is 5.78 Å². The third kappa shape index (κ3) is 4.52. The van der Waals surface area contributed by atoms with E-state index in [1.165, 1.54) is 0 Å². The maximum atomic E-state index is 12.4. The first-order valence-electron chi connectivity index (χ1n) is 7.69. The lowest BCUT2D eigenvalue weighted by molar-refractivity contribution is 0.103. The first kappa shape index (κ1) is 16.4. The van der Waals surface area contributed by atoms with Gasteiger partial charge in [-0.1, -0.05) is 48.5 Å². The fourth-order valence-electron chi connectivity index (χ4n) is 2.38. The van der Waals surface area contributed by atoms with Crippen molar-refractivity contribution in [1.29, 1.82) is 0 Å². The highest BCUT2D eigenvalue weighted by molar-refractivity contribution is 6.08. The van der Waals surface area contributed by atoms with Gasteiger partial charge in [-0.15, -0.1) is 0 Å². The van der Waals surface area contributed by atoms with Crippen molar-refractivity contribution in [2.24, 2.45) is 0 Å². The maximum Gasteiger partial charge on any atom is 0.193 e. The lowest BCUT2D eigenvalue weighted by Gasteiger charge is -2.05. The molecule has 0 amide bonds. The highest BCUT2D eigenvalue weighted by Crippen LogP contribution is 2.14. The van der Waals surface area contributed by atoms with Gasteiger partial charge in [0.25, 0.3) is 0 Å². The summed E-state index contributed by atoms with van der Waals surface area (Å²) in [6.45, 7) is 0.368. The van der Waals surface area contributed by atoms with E-state index in [0.29, 0.717) is 11.1 Å². The second-order valence-corrected chi connectivity index (χ2v) is 5.38. The van der Waals surface area contributed by atoms with Gasteiger partial charge in [0.05, 0.1) is 0 Å². The fraction of sp³-hybridized carbons (Fsp3) is 0.316. The summed E-state index contributed by atoms with van der Waals surface area (Å²) in [6, 6.07) is 15.1. The Morgan fingerprint density at radius 2 is 1.05 bits per heavy atom. The highest BCUT2D eigenvalue weighted by Gasteiger charge is 2.08. The molecule has 0 saturated heterocycles. The van der Waals surface area contributed by atoms with E-state index < -0.39 is 0 Å². The zero-order valence-electron chi connectivity index (χ0n) is 12.7. The van der Waals surface area contributed by atoms with E-state index in [0.717, 1.165) is 36.8 Å². The van der Waals surface area contributed by atoms with Crippen LogP contribution < -0.4 is 0 Å². The van der Waals surface area contributed by atoms with Crippen LogP contribution in [0.2, 0.25) is 0 Å². The smallest absolute Gasteiger partial charge is 0.193 e. The fourth-order valence-corrected chi connectivity index (χ4v) is 2.38. The molecule has 0 saturated carbocycles. The molecule has 2 aromatic carbocycles. The van der Waals surface area contributed by atoms with Crippen molar-refractivity contribution < 1.29 is 15.0 Å². The van der Waals surface area contributed by atoms with Gasteiger partial charge in [-0.25, -0.2) is 0 Å². The topological polar surface area (TPSA) is 57.5 Å². The van der Waals surface area contributed by atoms with Crippen LogP contribution >= 0.6 is 0 Å². The second kappa shape index (κ2) is 8.47. The number of hydrogen-bond donors (Lipinski definition) is 2. The van der Waals surface area contributed by atoms with Crippen molar-refractivity contribution in [2.75, 3.05) is 13.2 Å². The number of carbonyl (C=O) groups excluding carboxylic acids is 1. The highest BCUT2D eigenvalue weighted by atomic mass is 16.3. The molecule has 0 aliphatic carbocycles. The van der Waals surface area contributed by atoms with Crippen LogP contribution in [0.4, 0.5) is 0 Å². The number of carbonyl (C=O) groups is 1. The van der Waals surface area contributed by atoms with E-state index in [2.05, 4.69) is 0 Å². The summed E-state index contributed by atoms with van der Waals surface area (Å²) in [5, 5.41) is 17.7. The van der Waals surface area contributed by atoms with Gasteiger partial charge in [0.1, 0.15) is 0 Å². The second-order valence-electron chi connectivity index (χ2n) is 5.38. The van der Waals surface area contributed by atoms with E-state index in [4.69, 9.17) is 10.2 Å². The minimum atomic E-state index is 0.0161. The van der Waals surface area contributed by atoms with Crippen molar-refractivity contribution in [3.63, 3.8) is 0 Å². The van der Waals surface area contributed by atoms with Gasteiger partial charge < -0.3 is 10.2 Å². The molecular formula is C19H22O3. The molecule has 3 heteroatoms. The minimum absolute atomic E-state index is 0.0161. The molecule has 0 fully saturated rings. The Morgan fingerprint density at radius 1 is 0.682 bits per heavy atom. The van der Waals surface area contributed by atoms with Crippen LogP contribution in [0, 0.1) is 0 Å². The molecule has 2 N–H and O–H groups in total. The van der Waals surface area contributed by atoms with Crippen LogP contribution in [-0.2, 0) is 12.8 Å². The lowest BCUT2D eigenvalue weighted by atomic mass is 9.99. The molecule has 116 valence electrons. The largest absolute Gasteiger partial charge is 0.396 e. The van der Waals surface area contributed by atoms with Crippen LogP contribution in [0.15, 0.2) is 48.5 Å². The van der Waals surface area contributed by atoms with Crippen molar-refractivity contribution in [2.45, 2.75) is 25.7 Å². The number of ketones is 1. The van der Waals surface area contributed by atoms with E-state index in [1.54, 1.807) is 0 Å². The van der Waals surface area contributed by atoms with Crippen LogP contribution in [-0.4, -0.2) is 29.2 Å². The SMILES string of the molecule is O=C(c1ccc(CCCO)cc1)c1ccc(CCCO)cc1. The minimum Gasteiger partial charge on any atom is -0.396 e. The first-order chi connectivity index (χ1) is 10.7. The normalized spacial score (nSPS) is 10.6. The van der Waals surface area contributed by atoms with Crippen LogP contribution in [0.25, 0.3) is 0 Å². The third-order valence-corrected chi connectivity index (χ3v) is 3.68. The Labute approximate surface area is 131 Å². The lowest BCUT2D eigenvalue weighted by Crippen LogP contribution is -2.02. The van der Waals surface area contributed by atoms with E-state index in [9.17, 15) is 4.79 Å². The predicted octanol–water partition coefficient (Wildman–Crippen LogP) is 2.77. The monoisotopic (exact) mass is 298 g/mol. The van der Waals surface area contributed by atoms with Gasteiger partial charge in [-0.2, -0.15) is 0 Å². The summed E-state index contributed by atoms with van der Waals surface area (Å²) in [6.07, 6.45) is 3.13. The molecule has 22 heavy (non-hydrogen) atoms. The zero-order chi connectivity index (χ0) is 15.8. The molecule has 0 heterocycles. The predicted molar refractivity (Wildman–Crippen MR) is 87.1 cm³/mol. The van der Waals surface area contributed by atoms with Gasteiger partial charge in [0.15, 0.2) is 5.78 Å². The molecule has 2 rings (SSSR count). The number of aliphatic hydroxyl groups is 2. The van der Waals surface area contributed by atoms with Gasteiger partial charge in [0.2, 0.25) is 0 Å². The molecule has 0 unspecified atom stereocenters. The van der Waals surface area contributed by atoms with Crippen molar-refractivity contribution in [1.82, 2.24) is 0 Å². The molecule has 0 aromatic heterocycles. The molecule has 3 nitrogen and oxygen atoms in total. The Morgan fingerprint density at radius 3 is 1.36 bits per heavy atom. The summed E-state index contributed by atoms with van der Waals surface area (Å²) in [7, 11) is 0. The van der Waals surface area contributed by atoms with E-state index in [1.807, 2.05) is 48.5 Å². The summed E-state index contributed by atoms with van der Waals surface area (Å²) in [4.78, 5) is 12.4. The Bertz CT molecular complexity index is 532. The Balaban J connectivity index is 2.04. The average Bonchev–Trinajstić information content (AvgIpc) is 2.58. The number of aliphatic hydroxyl groups excluding tert-OH is 2. The number of aryl methyl sites for hydroxylation is 2. The molecule has 0 spiro atoms. The Hall–Kier alpha value is -1.97. The third-order valence-electron chi connectivity index (χ3n) is 3.68. The molecular weight excluding hydrogens is 276 g/mol. The van der Waals surface area contributed by atoms with Crippen LogP contribution in [0.1, 0.15) is 39.9 Å². The van der Waals surface area contributed by atoms with E-state index >= 15 is 0 Å². The van der Waals surface area contributed by atoms with Gasteiger partial charge in [-0.05, 0) is 36.8 Å². The molecule has 0 aliphatic rings. The van der Waals surface area contributed by atoms with Gasteiger partial charge in [0, 0.05) is 24.3 Å². The summed E-state index contributed by atoms with van der Waals surface area (Å²) in [5.74, 6) is 0.0161. The summed E-state index contributed by atoms with van der Waals surface area (Å²) in [5.41, 5.74) is 3.61. The first-order valence-corrected chi connectivity index (χ1v) is 7.69. The van der Waals surface area contributed by atoms with Crippen LogP contribution in [0.3, 0.4) is 0 Å². The maximum absolute atomic E-state index is 12.4. The summed E-state index contributed by atoms with van der Waals surface area (Å²) >= 11 is 0. The number of hydrogen-bond acceptors (Lipinski definition) is 3. The molecule has 2 aromatic rings. The van der Waals surface area contributed by atoms with Crippen LogP contribution in [0.5, 0.6) is 0 Å². The standard InChI is InChI=1S/C19H22O3/c20-13-1-3-15-5-9-17(10-6-15)19(22)18-11-7-16(8-12-18)4-2-14-21/h5-12,20-21H,1-4,13-14H2. The van der Waals surface area contributed by atoms with Gasteiger partial charge in [-0.3, -0.25) is 4.79 Å². The average molecular weight is 298 g/mol. The van der Waals surface area contributed by atoms with Crippen molar-refractivity contribution in [3.05, 3.63) is 70.8 Å². The molecule has 0 bridgehead atoms. The van der Waals surface area contributed by atoms with Gasteiger partial charge >= 0.3 is 0 Å². The zero-order valence-corrected chi connectivity index (χ0v) is 12.7. The Kier molecular flexibility index (Phi) is 6.31. The molecule has 0 aliphatic heterocycles. The molecule has 0 atom stereocenters. The van der Waals surface area contributed by atoms with E-state index in [-0.39, 0.29) is 19.0 Å². The summed E-state index contributed by atoms with van der Waals surface area (Å²) < 4.78 is 0.